The number of hydrogen-bond donors (Lipinski definition) is 4. The number of allylic oxidation sites excluding steroid dienone is 2. The SMILES string of the molecule is CCCC[n+]1c2ccccc2c(C(=O)Oc2c(C)cc(C(=O)NCCC[N+](C)(CCCNC(=O)CON=C3CCC4C5CCC6=CC(=O)CC[C@]6(C)C5CC[C@]34C)CCCS(=O)(=O)[O-])cc2C)c2ccccc21.C[C@]12CCC(=O)C=C1CCC1C2CC[C@]2(C)C(=NOCC(=O)O)CCC12.NCCN=[P+]=S. The first kappa shape index (κ1) is 80.8. The predicted octanol–water partition coefficient (Wildman–Crippen LogP) is 13.3. The maximum absolute atomic E-state index is 14.2. The van der Waals surface area contributed by atoms with Crippen LogP contribution >= 0.6 is 7.15 Å². The molecule has 12 rings (SSSR count). The summed E-state index contributed by atoms with van der Waals surface area (Å²) in [6.45, 7) is 19.2. The molecular formula is C81H111N8O13PS2+2. The van der Waals surface area contributed by atoms with Crippen molar-refractivity contribution in [1.82, 2.24) is 10.6 Å². The van der Waals surface area contributed by atoms with Gasteiger partial charge in [-0.05, 0) is 198 Å². The molecule has 0 aliphatic heterocycles. The number of nitrogens with two attached hydrogens (primary N) is 1. The van der Waals surface area contributed by atoms with Crippen LogP contribution in [0.2, 0.25) is 0 Å². The number of rotatable bonds is 26. The van der Waals surface area contributed by atoms with Crippen LogP contribution in [0, 0.1) is 71.0 Å². The number of para-hydroxylation sites is 2. The van der Waals surface area contributed by atoms with E-state index >= 15 is 0 Å². The Bertz CT molecular complexity index is 4150. The third kappa shape index (κ3) is 18.5. The number of ketones is 2. The van der Waals surface area contributed by atoms with Gasteiger partial charge < -0.3 is 39.2 Å². The molecule has 7 unspecified atom stereocenters. The van der Waals surface area contributed by atoms with Crippen molar-refractivity contribution in [2.75, 3.05) is 71.8 Å². The Labute approximate surface area is 626 Å². The van der Waals surface area contributed by atoms with Gasteiger partial charge in [0.1, 0.15) is 12.3 Å². The molecule has 5 N–H and O–H groups in total. The van der Waals surface area contributed by atoms with E-state index in [1.807, 2.05) is 81.6 Å². The van der Waals surface area contributed by atoms with Gasteiger partial charge in [0, 0.05) is 85.9 Å². The van der Waals surface area contributed by atoms with Crippen LogP contribution in [0.15, 0.2) is 99.0 Å². The van der Waals surface area contributed by atoms with Crippen molar-refractivity contribution in [3.63, 3.8) is 0 Å². The average molecular weight is 1500 g/mol. The number of quaternary nitrogens is 1. The molecule has 0 bridgehead atoms. The van der Waals surface area contributed by atoms with Crippen molar-refractivity contribution in [2.45, 2.75) is 190 Å². The monoisotopic (exact) mass is 1500 g/mol. The van der Waals surface area contributed by atoms with E-state index in [1.165, 1.54) is 17.6 Å². The van der Waals surface area contributed by atoms with E-state index in [1.54, 1.807) is 12.1 Å². The number of aryl methyl sites for hydroxylation is 3. The number of esters is 1. The third-order valence-electron chi connectivity index (χ3n) is 25.7. The zero-order valence-corrected chi connectivity index (χ0v) is 65.5. The number of hydrogen-bond acceptors (Lipinski definition) is 17. The van der Waals surface area contributed by atoms with E-state index in [0.717, 1.165) is 136 Å². The number of aliphatic carboxylic acids is 1. The fraction of sp³-hybridized carbons (Fsp3) is 0.617. The minimum absolute atomic E-state index is 0.0434. The van der Waals surface area contributed by atoms with Gasteiger partial charge in [0.15, 0.2) is 18.2 Å². The zero-order valence-electron chi connectivity index (χ0n) is 62.9. The molecule has 4 aromatic rings. The first-order chi connectivity index (χ1) is 50.1. The van der Waals surface area contributed by atoms with Gasteiger partial charge >= 0.3 is 54.5 Å². The Morgan fingerprint density at radius 1 is 0.686 bits per heavy atom. The van der Waals surface area contributed by atoms with Crippen molar-refractivity contribution < 1.29 is 70.3 Å². The number of carbonyl (C=O) groups is 6. The molecule has 0 saturated heterocycles. The number of aromatic nitrogens is 1. The van der Waals surface area contributed by atoms with Gasteiger partial charge in [0.05, 0.1) is 64.6 Å². The number of benzene rings is 3. The molecule has 2 amide bonds. The Morgan fingerprint density at radius 2 is 1.18 bits per heavy atom. The van der Waals surface area contributed by atoms with Gasteiger partial charge in [-0.25, -0.2) is 18.0 Å². The quantitative estimate of drug-likeness (QED) is 0.00523. The van der Waals surface area contributed by atoms with Gasteiger partial charge in [-0.2, -0.15) is 4.57 Å². The number of nitrogens with zero attached hydrogens (tertiary/aromatic N) is 5. The molecule has 105 heavy (non-hydrogen) atoms. The molecule has 0 spiro atoms. The number of carboxylic acid groups (broad SMARTS) is 1. The van der Waals surface area contributed by atoms with Crippen LogP contribution in [0.1, 0.15) is 201 Å². The van der Waals surface area contributed by atoms with E-state index in [4.69, 9.17) is 25.3 Å². The summed E-state index contributed by atoms with van der Waals surface area (Å²) in [4.78, 5) is 86.3. The first-order valence-electron chi connectivity index (χ1n) is 38.4. The number of pyridine rings is 1. The van der Waals surface area contributed by atoms with Gasteiger partial charge in [0.2, 0.25) is 17.6 Å². The molecule has 8 aliphatic carbocycles. The molecule has 1 aromatic heterocycles. The van der Waals surface area contributed by atoms with Crippen molar-refractivity contribution in [3.05, 3.63) is 106 Å². The maximum atomic E-state index is 14.2. The summed E-state index contributed by atoms with van der Waals surface area (Å²) in [5.74, 6) is 2.19. The summed E-state index contributed by atoms with van der Waals surface area (Å²) in [6.07, 6.45) is 23.4. The van der Waals surface area contributed by atoms with Gasteiger partial charge in [0.25, 0.3) is 11.8 Å². The summed E-state index contributed by atoms with van der Waals surface area (Å²) in [5, 5.41) is 25.2. The van der Waals surface area contributed by atoms with E-state index in [-0.39, 0.29) is 58.9 Å². The van der Waals surface area contributed by atoms with Gasteiger partial charge in [-0.1, -0.05) is 86.8 Å². The second-order valence-corrected chi connectivity index (χ2v) is 34.6. The molecule has 1 heterocycles. The number of carboxylic acids is 1. The number of fused-ring (bicyclic) bond motifs is 12. The molecule has 8 aliphatic rings. The third-order valence-corrected chi connectivity index (χ3v) is 27.1. The number of carbonyl (C=O) groups excluding carboxylic acids is 5. The number of oxime groups is 2. The van der Waals surface area contributed by atoms with Crippen LogP contribution in [-0.4, -0.2) is 141 Å². The molecule has 24 heteroatoms. The molecule has 3 aromatic carbocycles. The summed E-state index contributed by atoms with van der Waals surface area (Å²) in [7, 11) is -1.71. The number of amides is 2. The Hall–Kier alpha value is -6.75. The standard InChI is InChI=1S/C58H75N5O9S.C21H29NO4.C2H6N2PS/c1-7-8-30-62-49-18-11-9-16-45(49)53(46-17-10-12-19-50(46)62)56(67)72-54-39(2)35-41(36-40(54)3)55(66)60-29-14-32-63(6,33-15-34-73(68,69)70)31-13-28-59-52(65)38-71-61-51-23-22-47-44-21-20-42-37-43(64)24-26-57(42,4)48(44)25-27-58(47,51)5;1-20-9-7-14(23)11-13(20)3-4-15-16-5-6-18(22-26-12-19(24)25)21(16,2)10-8-17(15)20;3-1-2-4-5-6/h9-12,16-19,35-37,44,47-48H,7-8,13-15,20-34,38H2,1-6H3,(H-2,59,60,65,66,68,69,70);11,15-17H,3-10,12H2,1-2H3,(H,24,25);1-3H2/q;;+1/p+1/t44?,47?,48?,57-,58-,63?;15?,16?,17?,20-,21-;/m00./s1. The van der Waals surface area contributed by atoms with Crippen LogP contribution in [-0.2, 0) is 57.3 Å². The fourth-order valence-corrected chi connectivity index (χ4v) is 21.1. The average Bonchev–Trinajstić information content (AvgIpc) is 1.72. The molecule has 6 saturated carbocycles. The molecule has 0 radical (unpaired) electrons. The van der Waals surface area contributed by atoms with Crippen molar-refractivity contribution in [2.24, 2.45) is 78.0 Å². The Morgan fingerprint density at radius 3 is 1.67 bits per heavy atom. The van der Waals surface area contributed by atoms with Crippen LogP contribution in [0.5, 0.6) is 5.75 Å². The van der Waals surface area contributed by atoms with Gasteiger partial charge in [-0.3, -0.25) is 19.2 Å². The summed E-state index contributed by atoms with van der Waals surface area (Å²) < 4.78 is 47.2. The van der Waals surface area contributed by atoms with E-state index in [9.17, 15) is 41.7 Å². The van der Waals surface area contributed by atoms with E-state index < -0.39 is 27.8 Å². The normalized spacial score (nSPS) is 27.9. The minimum atomic E-state index is -4.38. The van der Waals surface area contributed by atoms with Crippen molar-refractivity contribution >= 4 is 97.6 Å². The molecule has 11 atom stereocenters. The Balaban J connectivity index is 0.000000302. The first-order valence-corrected chi connectivity index (χ1v) is 41.8. The van der Waals surface area contributed by atoms with Crippen LogP contribution in [0.4, 0.5) is 0 Å². The predicted molar refractivity (Wildman–Crippen MR) is 410 cm³/mol. The van der Waals surface area contributed by atoms with Crippen LogP contribution in [0.25, 0.3) is 21.8 Å². The van der Waals surface area contributed by atoms with Gasteiger partial charge in [-0.15, -0.1) is 0 Å². The summed E-state index contributed by atoms with van der Waals surface area (Å²) >= 11 is 4.47. The number of unbranched alkanes of at least 4 members (excludes halogenated alkanes) is 1. The summed E-state index contributed by atoms with van der Waals surface area (Å²) in [6, 6.07) is 19.3. The van der Waals surface area contributed by atoms with E-state index in [0.29, 0.717) is 152 Å². The van der Waals surface area contributed by atoms with Crippen LogP contribution < -0.4 is 25.7 Å². The second kappa shape index (κ2) is 35.1. The number of ether oxygens (including phenoxy) is 1. The molecule has 6 fully saturated rings. The second-order valence-electron chi connectivity index (χ2n) is 32.1. The Kier molecular flexibility index (Phi) is 27.0. The summed E-state index contributed by atoms with van der Waals surface area (Å²) in [5.41, 5.74) is 14.4. The fourth-order valence-electron chi connectivity index (χ4n) is 20.2. The zero-order chi connectivity index (χ0) is 75.5. The topological polar surface area (TPSA) is 299 Å². The van der Waals surface area contributed by atoms with E-state index in [2.05, 4.69) is 76.7 Å². The van der Waals surface area contributed by atoms with Crippen LogP contribution in [0.3, 0.4) is 0 Å². The molecule has 21 nitrogen and oxygen atoms in total. The molecule has 568 valence electrons. The molecular weight excluding hydrogens is 1390 g/mol. The number of nitrogens with one attached hydrogen (secondary N) is 2. The van der Waals surface area contributed by atoms with Crippen molar-refractivity contribution in [3.8, 4) is 5.75 Å². The van der Waals surface area contributed by atoms with Crippen molar-refractivity contribution in [1.29, 1.82) is 0 Å².